The van der Waals surface area contributed by atoms with Crippen molar-refractivity contribution >= 4 is 0 Å². The van der Waals surface area contributed by atoms with E-state index in [0.717, 1.165) is 23.3 Å². The molecule has 5 nitrogen and oxygen atoms in total. The van der Waals surface area contributed by atoms with Crippen LogP contribution < -0.4 is 15.2 Å². The molecule has 0 amide bonds. The van der Waals surface area contributed by atoms with Gasteiger partial charge in [0, 0.05) is 11.6 Å². The van der Waals surface area contributed by atoms with E-state index in [0.29, 0.717) is 12.4 Å². The molecule has 0 radical (unpaired) electrons. The largest absolute Gasteiger partial charge is 0.493 e. The molecule has 0 saturated carbocycles. The normalized spacial score (nSPS) is 12.2. The zero-order valence-corrected chi connectivity index (χ0v) is 11.1. The lowest BCUT2D eigenvalue weighted by molar-refractivity contribution is 0.279. The lowest BCUT2D eigenvalue weighted by Crippen LogP contribution is -2.18. The zero-order valence-electron chi connectivity index (χ0n) is 11.1. The van der Waals surface area contributed by atoms with E-state index in [1.54, 1.807) is 19.6 Å². The summed E-state index contributed by atoms with van der Waals surface area (Å²) in [5, 5.41) is 3.64. The second-order valence-electron chi connectivity index (χ2n) is 4.45. The Bertz CT molecular complexity index is 509. The van der Waals surface area contributed by atoms with Crippen LogP contribution in [-0.2, 0) is 13.0 Å². The Kier molecular flexibility index (Phi) is 4.41. The van der Waals surface area contributed by atoms with Crippen LogP contribution in [0.3, 0.4) is 0 Å². The number of hydrogen-bond donors (Lipinski definition) is 1. The average molecular weight is 262 g/mol. The predicted octanol–water partition coefficient (Wildman–Crippen LogP) is 2.15. The lowest BCUT2D eigenvalue weighted by atomic mass is 10.1. The number of hydrogen-bond acceptors (Lipinski definition) is 5. The number of para-hydroxylation sites is 1. The van der Waals surface area contributed by atoms with Gasteiger partial charge >= 0.3 is 0 Å². The van der Waals surface area contributed by atoms with E-state index in [-0.39, 0.29) is 6.04 Å². The van der Waals surface area contributed by atoms with Crippen molar-refractivity contribution in [1.82, 2.24) is 5.16 Å². The molecule has 1 heterocycles. The van der Waals surface area contributed by atoms with Gasteiger partial charge in [0.2, 0.25) is 0 Å². The van der Waals surface area contributed by atoms with Crippen molar-refractivity contribution in [2.75, 3.05) is 7.11 Å². The molecule has 1 aromatic carbocycles. The van der Waals surface area contributed by atoms with Crippen molar-refractivity contribution in [3.8, 4) is 11.5 Å². The van der Waals surface area contributed by atoms with Crippen molar-refractivity contribution in [1.29, 1.82) is 0 Å². The summed E-state index contributed by atoms with van der Waals surface area (Å²) in [5.41, 5.74) is 7.76. The second kappa shape index (κ2) is 6.24. The monoisotopic (exact) mass is 262 g/mol. The van der Waals surface area contributed by atoms with Gasteiger partial charge in [0.25, 0.3) is 0 Å². The van der Waals surface area contributed by atoms with Gasteiger partial charge in [-0.3, -0.25) is 0 Å². The zero-order chi connectivity index (χ0) is 13.7. The van der Waals surface area contributed by atoms with Crippen LogP contribution in [0.1, 0.15) is 18.1 Å². The highest BCUT2D eigenvalue weighted by atomic mass is 16.5. The average Bonchev–Trinajstić information content (AvgIpc) is 2.89. The van der Waals surface area contributed by atoms with Crippen molar-refractivity contribution in [3.05, 3.63) is 41.8 Å². The summed E-state index contributed by atoms with van der Waals surface area (Å²) >= 11 is 0. The van der Waals surface area contributed by atoms with E-state index in [1.807, 2.05) is 25.1 Å². The molecule has 5 heteroatoms. The molecular weight excluding hydrogens is 244 g/mol. The van der Waals surface area contributed by atoms with Gasteiger partial charge in [-0.15, -0.1) is 0 Å². The summed E-state index contributed by atoms with van der Waals surface area (Å²) in [6.45, 7) is 2.35. The molecule has 1 unspecified atom stereocenters. The van der Waals surface area contributed by atoms with Crippen molar-refractivity contribution in [3.63, 3.8) is 0 Å². The highest BCUT2D eigenvalue weighted by Gasteiger charge is 2.12. The minimum atomic E-state index is 0.0602. The Labute approximate surface area is 112 Å². The molecule has 0 bridgehead atoms. The molecule has 2 aromatic rings. The van der Waals surface area contributed by atoms with E-state index in [9.17, 15) is 0 Å². The smallest absolute Gasteiger partial charge is 0.164 e. The van der Waals surface area contributed by atoms with Gasteiger partial charge < -0.3 is 19.7 Å². The van der Waals surface area contributed by atoms with E-state index in [1.165, 1.54) is 0 Å². The maximum atomic E-state index is 5.85. The van der Waals surface area contributed by atoms with E-state index in [4.69, 9.17) is 19.7 Å². The molecule has 1 atom stereocenters. The van der Waals surface area contributed by atoms with Gasteiger partial charge in [-0.1, -0.05) is 17.3 Å². The first kappa shape index (κ1) is 13.4. The molecule has 0 aliphatic rings. The minimum absolute atomic E-state index is 0.0602. The molecular formula is C14H18N2O3. The summed E-state index contributed by atoms with van der Waals surface area (Å²) < 4.78 is 15.9. The summed E-state index contributed by atoms with van der Waals surface area (Å²) in [7, 11) is 1.62. The molecule has 2 rings (SSSR count). The molecule has 1 aromatic heterocycles. The Morgan fingerprint density at radius 1 is 1.42 bits per heavy atom. The molecule has 2 N–H and O–H groups in total. The molecule has 0 aliphatic carbocycles. The van der Waals surface area contributed by atoms with Crippen LogP contribution in [0.4, 0.5) is 0 Å². The first-order valence-electron chi connectivity index (χ1n) is 6.13. The maximum Gasteiger partial charge on any atom is 0.164 e. The third-order valence-electron chi connectivity index (χ3n) is 2.69. The van der Waals surface area contributed by atoms with Crippen LogP contribution >= 0.6 is 0 Å². The number of ether oxygens (including phenoxy) is 2. The van der Waals surface area contributed by atoms with Gasteiger partial charge in [0.15, 0.2) is 11.5 Å². The number of rotatable bonds is 6. The summed E-state index contributed by atoms with van der Waals surface area (Å²) in [4.78, 5) is 0. The van der Waals surface area contributed by atoms with E-state index in [2.05, 4.69) is 5.16 Å². The van der Waals surface area contributed by atoms with Gasteiger partial charge in [-0.05, 0) is 25.0 Å². The standard InChI is InChI=1S/C14H18N2O3/c1-10(15)6-12-4-3-5-13(17-2)14(12)18-8-11-7-16-19-9-11/h3-5,7,9-10H,6,8,15H2,1-2H3. The molecule has 102 valence electrons. The highest BCUT2D eigenvalue weighted by molar-refractivity contribution is 5.47. The van der Waals surface area contributed by atoms with Crippen molar-refractivity contribution < 1.29 is 14.0 Å². The van der Waals surface area contributed by atoms with Crippen molar-refractivity contribution in [2.45, 2.75) is 26.0 Å². The third-order valence-corrected chi connectivity index (χ3v) is 2.69. The Hall–Kier alpha value is -2.01. The first-order chi connectivity index (χ1) is 9.20. The van der Waals surface area contributed by atoms with E-state index < -0.39 is 0 Å². The highest BCUT2D eigenvalue weighted by Crippen LogP contribution is 2.32. The second-order valence-corrected chi connectivity index (χ2v) is 4.45. The Balaban J connectivity index is 2.19. The van der Waals surface area contributed by atoms with Gasteiger partial charge in [-0.25, -0.2) is 0 Å². The summed E-state index contributed by atoms with van der Waals surface area (Å²) in [6.07, 6.45) is 3.91. The topological polar surface area (TPSA) is 70.5 Å². The predicted molar refractivity (Wildman–Crippen MR) is 71.2 cm³/mol. The quantitative estimate of drug-likeness (QED) is 0.863. The van der Waals surface area contributed by atoms with Crippen LogP contribution in [-0.4, -0.2) is 18.3 Å². The Morgan fingerprint density at radius 2 is 2.26 bits per heavy atom. The number of benzene rings is 1. The molecule has 0 aliphatic heterocycles. The molecule has 0 fully saturated rings. The van der Waals surface area contributed by atoms with E-state index >= 15 is 0 Å². The third kappa shape index (κ3) is 3.48. The number of methoxy groups -OCH3 is 1. The van der Waals surface area contributed by atoms with Gasteiger partial charge in [-0.2, -0.15) is 0 Å². The van der Waals surface area contributed by atoms with Gasteiger partial charge in [0.1, 0.15) is 12.9 Å². The summed E-state index contributed by atoms with van der Waals surface area (Å²) in [5.74, 6) is 1.43. The maximum absolute atomic E-state index is 5.85. The van der Waals surface area contributed by atoms with Crippen LogP contribution in [0.2, 0.25) is 0 Å². The molecule has 19 heavy (non-hydrogen) atoms. The number of nitrogens with zero attached hydrogens (tertiary/aromatic N) is 1. The lowest BCUT2D eigenvalue weighted by Gasteiger charge is -2.15. The van der Waals surface area contributed by atoms with Crippen molar-refractivity contribution in [2.24, 2.45) is 5.73 Å². The van der Waals surface area contributed by atoms with Gasteiger partial charge in [0.05, 0.1) is 13.3 Å². The summed E-state index contributed by atoms with van der Waals surface area (Å²) in [6, 6.07) is 5.86. The fraction of sp³-hybridized carbons (Fsp3) is 0.357. The van der Waals surface area contributed by atoms with Crippen LogP contribution in [0.5, 0.6) is 11.5 Å². The minimum Gasteiger partial charge on any atom is -0.493 e. The Morgan fingerprint density at radius 3 is 2.89 bits per heavy atom. The van der Waals surface area contributed by atoms with Crippen LogP contribution in [0.15, 0.2) is 35.2 Å². The van der Waals surface area contributed by atoms with Crippen LogP contribution in [0, 0.1) is 0 Å². The number of nitrogens with two attached hydrogens (primary N) is 1. The number of aromatic nitrogens is 1. The van der Waals surface area contributed by atoms with Crippen LogP contribution in [0.25, 0.3) is 0 Å². The fourth-order valence-electron chi connectivity index (χ4n) is 1.85. The molecule has 0 spiro atoms. The molecule has 0 saturated heterocycles. The first-order valence-corrected chi connectivity index (χ1v) is 6.13. The fourth-order valence-corrected chi connectivity index (χ4v) is 1.85. The SMILES string of the molecule is COc1cccc(CC(C)N)c1OCc1cnoc1.